The molecular weight excluding hydrogens is 375 g/mol. The highest BCUT2D eigenvalue weighted by Crippen LogP contribution is 2.34. The molecule has 0 spiro atoms. The van der Waals surface area contributed by atoms with Crippen LogP contribution in [0, 0.1) is 12.7 Å². The SMILES string of the molecule is CCN(c1cc(F)cc(C(=O)O)c1C)C1C[C@@H](C)N(C(=O)OC(C)(C)C)[C@H](C)C1. The van der Waals surface area contributed by atoms with E-state index in [1.54, 1.807) is 11.8 Å². The van der Waals surface area contributed by atoms with Gasteiger partial charge in [-0.3, -0.25) is 0 Å². The molecule has 7 heteroatoms. The number of halogens is 1. The molecule has 1 aliphatic rings. The molecule has 29 heavy (non-hydrogen) atoms. The van der Waals surface area contributed by atoms with Gasteiger partial charge in [0.25, 0.3) is 0 Å². The molecule has 0 aliphatic carbocycles. The van der Waals surface area contributed by atoms with Crippen molar-refractivity contribution in [1.29, 1.82) is 0 Å². The van der Waals surface area contributed by atoms with Gasteiger partial charge in [0, 0.05) is 30.4 Å². The van der Waals surface area contributed by atoms with E-state index in [2.05, 4.69) is 4.90 Å². The zero-order valence-corrected chi connectivity index (χ0v) is 18.5. The predicted molar refractivity (Wildman–Crippen MR) is 111 cm³/mol. The fourth-order valence-corrected chi connectivity index (χ4v) is 4.28. The van der Waals surface area contributed by atoms with E-state index in [-0.39, 0.29) is 29.8 Å². The summed E-state index contributed by atoms with van der Waals surface area (Å²) in [6.45, 7) is 13.8. The van der Waals surface area contributed by atoms with Gasteiger partial charge in [-0.2, -0.15) is 0 Å². The van der Waals surface area contributed by atoms with Crippen LogP contribution in [-0.4, -0.2) is 52.3 Å². The van der Waals surface area contributed by atoms with E-state index in [9.17, 15) is 19.1 Å². The second-order valence-corrected chi connectivity index (χ2v) is 8.90. The molecule has 1 aromatic rings. The smallest absolute Gasteiger partial charge is 0.410 e. The second kappa shape index (κ2) is 8.59. The number of nitrogens with zero attached hydrogens (tertiary/aromatic N) is 2. The van der Waals surface area contributed by atoms with Crippen molar-refractivity contribution < 1.29 is 23.8 Å². The van der Waals surface area contributed by atoms with Crippen LogP contribution in [0.4, 0.5) is 14.9 Å². The van der Waals surface area contributed by atoms with Gasteiger partial charge in [-0.25, -0.2) is 14.0 Å². The number of carboxylic acid groups (broad SMARTS) is 1. The van der Waals surface area contributed by atoms with Crippen LogP contribution in [0.5, 0.6) is 0 Å². The van der Waals surface area contributed by atoms with E-state index in [1.165, 1.54) is 6.07 Å². The average Bonchev–Trinajstić information content (AvgIpc) is 2.55. The molecule has 2 rings (SSSR count). The van der Waals surface area contributed by atoms with Gasteiger partial charge in [0.15, 0.2) is 0 Å². The number of carbonyl (C=O) groups is 2. The molecule has 0 aromatic heterocycles. The third kappa shape index (κ3) is 5.19. The van der Waals surface area contributed by atoms with Gasteiger partial charge in [-0.05, 0) is 79.0 Å². The molecule has 1 amide bonds. The molecular formula is C22H33FN2O4. The number of aromatic carboxylic acids is 1. The minimum Gasteiger partial charge on any atom is -0.478 e. The molecule has 0 unspecified atom stereocenters. The van der Waals surface area contributed by atoms with Gasteiger partial charge >= 0.3 is 12.1 Å². The van der Waals surface area contributed by atoms with Crippen molar-refractivity contribution in [2.45, 2.75) is 85.0 Å². The fraction of sp³-hybridized carbons (Fsp3) is 0.636. The van der Waals surface area contributed by atoms with Crippen molar-refractivity contribution in [3.63, 3.8) is 0 Å². The minimum absolute atomic E-state index is 0.0225. The van der Waals surface area contributed by atoms with Crippen LogP contribution in [0.3, 0.4) is 0 Å². The Balaban J connectivity index is 2.30. The van der Waals surface area contributed by atoms with Gasteiger partial charge in [0.1, 0.15) is 11.4 Å². The first kappa shape index (κ1) is 23.0. The first-order chi connectivity index (χ1) is 13.4. The predicted octanol–water partition coefficient (Wildman–Crippen LogP) is 4.84. The number of benzene rings is 1. The summed E-state index contributed by atoms with van der Waals surface area (Å²) in [7, 11) is 0. The highest BCUT2D eigenvalue weighted by atomic mass is 19.1. The van der Waals surface area contributed by atoms with Crippen LogP contribution < -0.4 is 4.90 Å². The summed E-state index contributed by atoms with van der Waals surface area (Å²) in [4.78, 5) is 28.0. The summed E-state index contributed by atoms with van der Waals surface area (Å²) in [6, 6.07) is 2.42. The van der Waals surface area contributed by atoms with Gasteiger partial charge < -0.3 is 19.6 Å². The molecule has 2 atom stereocenters. The Kier molecular flexibility index (Phi) is 6.81. The number of hydrogen-bond acceptors (Lipinski definition) is 4. The third-order valence-electron chi connectivity index (χ3n) is 5.45. The Morgan fingerprint density at radius 1 is 1.24 bits per heavy atom. The lowest BCUT2D eigenvalue weighted by Gasteiger charge is -2.47. The minimum atomic E-state index is -1.14. The number of likely N-dealkylation sites (tertiary alicyclic amines) is 1. The molecule has 6 nitrogen and oxygen atoms in total. The molecule has 0 saturated carbocycles. The summed E-state index contributed by atoms with van der Waals surface area (Å²) < 4.78 is 19.7. The number of anilines is 1. The van der Waals surface area contributed by atoms with Crippen molar-refractivity contribution in [2.75, 3.05) is 11.4 Å². The molecule has 1 fully saturated rings. The third-order valence-corrected chi connectivity index (χ3v) is 5.45. The maximum absolute atomic E-state index is 14.2. The summed E-state index contributed by atoms with van der Waals surface area (Å²) in [5, 5.41) is 9.41. The molecule has 1 aromatic carbocycles. The lowest BCUT2D eigenvalue weighted by molar-refractivity contribution is -0.00252. The van der Waals surface area contributed by atoms with Crippen LogP contribution >= 0.6 is 0 Å². The Morgan fingerprint density at radius 3 is 2.24 bits per heavy atom. The zero-order chi connectivity index (χ0) is 22.1. The fourth-order valence-electron chi connectivity index (χ4n) is 4.28. The first-order valence-corrected chi connectivity index (χ1v) is 10.2. The molecule has 1 heterocycles. The lowest BCUT2D eigenvalue weighted by atomic mass is 9.91. The first-order valence-electron chi connectivity index (χ1n) is 10.2. The van der Waals surface area contributed by atoms with Crippen molar-refractivity contribution in [3.8, 4) is 0 Å². The topological polar surface area (TPSA) is 70.1 Å². The Bertz CT molecular complexity index is 763. The Morgan fingerprint density at radius 2 is 1.79 bits per heavy atom. The normalized spacial score (nSPS) is 22.3. The monoisotopic (exact) mass is 408 g/mol. The zero-order valence-electron chi connectivity index (χ0n) is 18.5. The second-order valence-electron chi connectivity index (χ2n) is 8.90. The standard InChI is InChI=1S/C22H33FN2O4/c1-8-24(19-12-16(23)11-18(15(19)4)20(26)27)17-9-13(2)25(14(3)10-17)21(28)29-22(5,6)7/h11-14,17H,8-10H2,1-7H3,(H,26,27)/t13-,14-/m1/s1. The van der Waals surface area contributed by atoms with Crippen LogP contribution in [-0.2, 0) is 4.74 Å². The summed E-state index contributed by atoms with van der Waals surface area (Å²) in [5.74, 6) is -1.70. The molecule has 1 N–H and O–H groups in total. The summed E-state index contributed by atoms with van der Waals surface area (Å²) >= 11 is 0. The van der Waals surface area contributed by atoms with Crippen molar-refractivity contribution in [3.05, 3.63) is 29.1 Å². The number of piperidine rings is 1. The van der Waals surface area contributed by atoms with E-state index >= 15 is 0 Å². The van der Waals surface area contributed by atoms with Crippen molar-refractivity contribution >= 4 is 17.7 Å². The number of amides is 1. The highest BCUT2D eigenvalue weighted by molar-refractivity contribution is 5.91. The van der Waals surface area contributed by atoms with Gasteiger partial charge in [0.05, 0.1) is 5.56 Å². The van der Waals surface area contributed by atoms with Crippen LogP contribution in [0.15, 0.2) is 12.1 Å². The molecule has 1 saturated heterocycles. The maximum atomic E-state index is 14.2. The number of rotatable bonds is 4. The average molecular weight is 409 g/mol. The van der Waals surface area contributed by atoms with E-state index < -0.39 is 17.4 Å². The quantitative estimate of drug-likeness (QED) is 0.772. The van der Waals surface area contributed by atoms with Crippen LogP contribution in [0.25, 0.3) is 0 Å². The number of carboxylic acids is 1. The van der Waals surface area contributed by atoms with E-state index in [4.69, 9.17) is 4.74 Å². The number of carbonyl (C=O) groups excluding carboxylic acids is 1. The van der Waals surface area contributed by atoms with Gasteiger partial charge in [-0.15, -0.1) is 0 Å². The van der Waals surface area contributed by atoms with Crippen molar-refractivity contribution in [2.24, 2.45) is 0 Å². The number of ether oxygens (including phenoxy) is 1. The van der Waals surface area contributed by atoms with Crippen molar-refractivity contribution in [1.82, 2.24) is 4.90 Å². The van der Waals surface area contributed by atoms with Gasteiger partial charge in [0.2, 0.25) is 0 Å². The molecule has 0 bridgehead atoms. The maximum Gasteiger partial charge on any atom is 0.410 e. The number of hydrogen-bond donors (Lipinski definition) is 1. The highest BCUT2D eigenvalue weighted by Gasteiger charge is 2.38. The van der Waals surface area contributed by atoms with Gasteiger partial charge in [-0.1, -0.05) is 0 Å². The summed E-state index contributed by atoms with van der Waals surface area (Å²) in [5.41, 5.74) is 0.566. The van der Waals surface area contributed by atoms with E-state index in [0.717, 1.165) is 6.07 Å². The Hall–Kier alpha value is -2.31. The Labute approximate surface area is 172 Å². The van der Waals surface area contributed by atoms with E-state index in [0.29, 0.717) is 30.6 Å². The molecule has 162 valence electrons. The van der Waals surface area contributed by atoms with Crippen LogP contribution in [0.2, 0.25) is 0 Å². The largest absolute Gasteiger partial charge is 0.478 e. The van der Waals surface area contributed by atoms with E-state index in [1.807, 2.05) is 41.5 Å². The summed E-state index contributed by atoms with van der Waals surface area (Å²) in [6.07, 6.45) is 1.06. The lowest BCUT2D eigenvalue weighted by Crippen LogP contribution is -2.56. The molecule has 1 aliphatic heterocycles. The van der Waals surface area contributed by atoms with Crippen LogP contribution in [0.1, 0.15) is 70.3 Å². The molecule has 0 radical (unpaired) electrons.